The average molecular weight is 413 g/mol. The first-order valence-electron chi connectivity index (χ1n) is 8.68. The summed E-state index contributed by atoms with van der Waals surface area (Å²) in [5.41, 5.74) is 0.579. The van der Waals surface area contributed by atoms with Crippen molar-refractivity contribution >= 4 is 35.6 Å². The zero-order valence-corrected chi connectivity index (χ0v) is 17.3. The standard InChI is InChI=1S/C19H25ClN2O6/c1-6-27-17-14(20)9-13(10-15(17)26-5)7-8-16(23)28-12(4)18(24)22-19(25)21-11(2)3/h7-12H,6H2,1-5H3,(H2,21,22,24,25)/b8-7+/t12-/m1/s1. The van der Waals surface area contributed by atoms with Gasteiger partial charge >= 0.3 is 12.0 Å². The first-order valence-corrected chi connectivity index (χ1v) is 9.06. The third-order valence-corrected chi connectivity index (χ3v) is 3.55. The molecule has 1 aromatic rings. The fraction of sp³-hybridized carbons (Fsp3) is 0.421. The maximum absolute atomic E-state index is 11.9. The minimum atomic E-state index is -1.14. The normalized spacial score (nSPS) is 11.8. The van der Waals surface area contributed by atoms with E-state index in [1.165, 1.54) is 20.1 Å². The van der Waals surface area contributed by atoms with Crippen LogP contribution in [0.3, 0.4) is 0 Å². The Bertz CT molecular complexity index is 748. The van der Waals surface area contributed by atoms with Gasteiger partial charge in [-0.15, -0.1) is 0 Å². The van der Waals surface area contributed by atoms with Crippen LogP contribution in [0.15, 0.2) is 18.2 Å². The number of benzene rings is 1. The van der Waals surface area contributed by atoms with Crippen LogP contribution < -0.4 is 20.1 Å². The molecule has 28 heavy (non-hydrogen) atoms. The summed E-state index contributed by atoms with van der Waals surface area (Å²) in [5, 5.41) is 4.92. The number of methoxy groups -OCH3 is 1. The molecule has 2 N–H and O–H groups in total. The van der Waals surface area contributed by atoms with E-state index in [-0.39, 0.29) is 6.04 Å². The predicted octanol–water partition coefficient (Wildman–Crippen LogP) is 2.93. The van der Waals surface area contributed by atoms with E-state index in [1.54, 1.807) is 26.0 Å². The highest BCUT2D eigenvalue weighted by Gasteiger charge is 2.19. The summed E-state index contributed by atoms with van der Waals surface area (Å²) < 4.78 is 15.6. The summed E-state index contributed by atoms with van der Waals surface area (Å²) in [6, 6.07) is 2.46. The van der Waals surface area contributed by atoms with Crippen molar-refractivity contribution < 1.29 is 28.6 Å². The minimum absolute atomic E-state index is 0.133. The summed E-state index contributed by atoms with van der Waals surface area (Å²) in [6.07, 6.45) is 1.46. The smallest absolute Gasteiger partial charge is 0.331 e. The van der Waals surface area contributed by atoms with Crippen LogP contribution in [0.1, 0.15) is 33.3 Å². The number of carbonyl (C=O) groups excluding carboxylic acids is 3. The van der Waals surface area contributed by atoms with Crippen molar-refractivity contribution in [1.29, 1.82) is 0 Å². The van der Waals surface area contributed by atoms with Crippen LogP contribution in [-0.4, -0.2) is 43.8 Å². The molecule has 0 saturated heterocycles. The molecule has 1 atom stereocenters. The molecule has 0 spiro atoms. The third kappa shape index (κ3) is 7.48. The number of hydrogen-bond donors (Lipinski definition) is 2. The fourth-order valence-corrected chi connectivity index (χ4v) is 2.34. The predicted molar refractivity (Wildman–Crippen MR) is 106 cm³/mol. The van der Waals surface area contributed by atoms with E-state index in [1.807, 2.05) is 6.92 Å². The van der Waals surface area contributed by atoms with Crippen LogP contribution in [-0.2, 0) is 14.3 Å². The largest absolute Gasteiger partial charge is 0.493 e. The zero-order valence-electron chi connectivity index (χ0n) is 16.5. The summed E-state index contributed by atoms with van der Waals surface area (Å²) in [4.78, 5) is 35.3. The maximum atomic E-state index is 11.9. The molecule has 0 aliphatic rings. The molecule has 1 rings (SSSR count). The summed E-state index contributed by atoms with van der Waals surface area (Å²) >= 11 is 6.17. The molecule has 1 aromatic carbocycles. The van der Waals surface area contributed by atoms with Gasteiger partial charge in [-0.2, -0.15) is 0 Å². The number of rotatable bonds is 8. The van der Waals surface area contributed by atoms with Crippen molar-refractivity contribution in [2.45, 2.75) is 39.8 Å². The maximum Gasteiger partial charge on any atom is 0.331 e. The molecule has 0 unspecified atom stereocenters. The van der Waals surface area contributed by atoms with Gasteiger partial charge in [-0.1, -0.05) is 11.6 Å². The van der Waals surface area contributed by atoms with Crippen LogP contribution in [0.2, 0.25) is 5.02 Å². The fourth-order valence-electron chi connectivity index (χ4n) is 2.06. The number of nitrogens with one attached hydrogen (secondary N) is 2. The molecule has 9 heteroatoms. The SMILES string of the molecule is CCOc1c(Cl)cc(/C=C/C(=O)O[C@H](C)C(=O)NC(=O)NC(C)C)cc1OC. The Morgan fingerprint density at radius 3 is 2.46 bits per heavy atom. The Kier molecular flexibility index (Phi) is 9.31. The van der Waals surface area contributed by atoms with Gasteiger partial charge < -0.3 is 19.5 Å². The van der Waals surface area contributed by atoms with Crippen LogP contribution in [0, 0.1) is 0 Å². The van der Waals surface area contributed by atoms with E-state index >= 15 is 0 Å². The Morgan fingerprint density at radius 2 is 1.89 bits per heavy atom. The van der Waals surface area contributed by atoms with E-state index in [0.29, 0.717) is 28.7 Å². The second-order valence-electron chi connectivity index (χ2n) is 6.00. The Balaban J connectivity index is 2.72. The van der Waals surface area contributed by atoms with E-state index in [2.05, 4.69) is 10.6 Å². The van der Waals surface area contributed by atoms with Gasteiger partial charge in [0.25, 0.3) is 5.91 Å². The van der Waals surface area contributed by atoms with Crippen molar-refractivity contribution in [3.63, 3.8) is 0 Å². The molecule has 3 amide bonds. The van der Waals surface area contributed by atoms with Gasteiger partial charge in [-0.25, -0.2) is 9.59 Å². The van der Waals surface area contributed by atoms with Gasteiger partial charge in [-0.05, 0) is 51.5 Å². The van der Waals surface area contributed by atoms with Crippen molar-refractivity contribution in [1.82, 2.24) is 10.6 Å². The minimum Gasteiger partial charge on any atom is -0.493 e. The van der Waals surface area contributed by atoms with Crippen LogP contribution >= 0.6 is 11.6 Å². The highest BCUT2D eigenvalue weighted by atomic mass is 35.5. The highest BCUT2D eigenvalue weighted by molar-refractivity contribution is 6.32. The highest BCUT2D eigenvalue weighted by Crippen LogP contribution is 2.36. The lowest BCUT2D eigenvalue weighted by atomic mass is 10.2. The molecule has 0 saturated carbocycles. The molecule has 0 fully saturated rings. The molecule has 0 aromatic heterocycles. The topological polar surface area (TPSA) is 103 Å². The average Bonchev–Trinajstić information content (AvgIpc) is 2.60. The van der Waals surface area contributed by atoms with Crippen molar-refractivity contribution in [2.75, 3.05) is 13.7 Å². The quantitative estimate of drug-likeness (QED) is 0.502. The molecule has 0 heterocycles. The van der Waals surface area contributed by atoms with Gasteiger partial charge in [-0.3, -0.25) is 10.1 Å². The molecule has 0 aliphatic carbocycles. The number of urea groups is 1. The Hall–Kier alpha value is -2.74. The lowest BCUT2D eigenvalue weighted by Gasteiger charge is -2.13. The third-order valence-electron chi connectivity index (χ3n) is 3.27. The van der Waals surface area contributed by atoms with Crippen molar-refractivity contribution in [3.05, 3.63) is 28.8 Å². The Labute approximate surface area is 169 Å². The molecule has 0 aliphatic heterocycles. The van der Waals surface area contributed by atoms with Gasteiger partial charge in [0.05, 0.1) is 18.7 Å². The number of hydrogen-bond acceptors (Lipinski definition) is 6. The van der Waals surface area contributed by atoms with Gasteiger partial charge in [0.15, 0.2) is 17.6 Å². The lowest BCUT2D eigenvalue weighted by molar-refractivity contribution is -0.149. The molecule has 0 bridgehead atoms. The summed E-state index contributed by atoms with van der Waals surface area (Å²) in [6.45, 7) is 7.11. The molecule has 154 valence electrons. The number of carbonyl (C=O) groups is 3. The monoisotopic (exact) mass is 412 g/mol. The van der Waals surface area contributed by atoms with E-state index in [0.717, 1.165) is 6.08 Å². The van der Waals surface area contributed by atoms with Crippen molar-refractivity contribution in [3.8, 4) is 11.5 Å². The zero-order chi connectivity index (χ0) is 21.3. The van der Waals surface area contributed by atoms with E-state index in [4.69, 9.17) is 25.8 Å². The number of halogens is 1. The molecule has 0 radical (unpaired) electrons. The van der Waals surface area contributed by atoms with Crippen LogP contribution in [0.4, 0.5) is 4.79 Å². The molecular weight excluding hydrogens is 388 g/mol. The van der Waals surface area contributed by atoms with Crippen LogP contribution in [0.5, 0.6) is 11.5 Å². The second kappa shape index (κ2) is 11.2. The summed E-state index contributed by atoms with van der Waals surface area (Å²) in [5.74, 6) is -0.649. The first-order chi connectivity index (χ1) is 13.2. The van der Waals surface area contributed by atoms with Gasteiger partial charge in [0.2, 0.25) is 0 Å². The number of amides is 3. The van der Waals surface area contributed by atoms with E-state index in [9.17, 15) is 14.4 Å². The molecule has 8 nitrogen and oxygen atoms in total. The van der Waals surface area contributed by atoms with E-state index < -0.39 is 24.0 Å². The number of imide groups is 1. The van der Waals surface area contributed by atoms with Crippen LogP contribution in [0.25, 0.3) is 6.08 Å². The second-order valence-corrected chi connectivity index (χ2v) is 6.40. The lowest BCUT2D eigenvalue weighted by Crippen LogP contribution is -2.46. The number of esters is 1. The number of ether oxygens (including phenoxy) is 3. The molecular formula is C19H25ClN2O6. The first kappa shape index (κ1) is 23.3. The summed E-state index contributed by atoms with van der Waals surface area (Å²) in [7, 11) is 1.48. The van der Waals surface area contributed by atoms with Gasteiger partial charge in [0.1, 0.15) is 0 Å². The van der Waals surface area contributed by atoms with Crippen molar-refractivity contribution in [2.24, 2.45) is 0 Å². The Morgan fingerprint density at radius 1 is 1.21 bits per heavy atom. The van der Waals surface area contributed by atoms with Gasteiger partial charge in [0, 0.05) is 12.1 Å².